The van der Waals surface area contributed by atoms with Crippen LogP contribution in [0.3, 0.4) is 0 Å². The smallest absolute Gasteiger partial charge is 0.306 e. The number of hydrogen-bond acceptors (Lipinski definition) is 23. The molecule has 5 saturated carbocycles. The lowest BCUT2D eigenvalue weighted by atomic mass is 9.82. The van der Waals surface area contributed by atoms with Crippen LogP contribution >= 0.6 is 34.8 Å². The molecule has 8 aliphatic rings. The number of alkyl halides is 1. The summed E-state index contributed by atoms with van der Waals surface area (Å²) in [6.07, 6.45) is 37.4. The third-order valence-corrected chi connectivity index (χ3v) is 33.4. The number of nitrogens with zero attached hydrogens (tertiary/aromatic N) is 11. The molecule has 5 aliphatic carbocycles. The molecule has 1 unspecified atom stereocenters. The van der Waals surface area contributed by atoms with Gasteiger partial charge in [0, 0.05) is 160 Å². The van der Waals surface area contributed by atoms with Crippen molar-refractivity contribution in [2.24, 2.45) is 35.1 Å². The number of aromatic nitrogens is 8. The molecule has 8 fully saturated rings. The normalized spacial score (nSPS) is 21.1. The van der Waals surface area contributed by atoms with E-state index in [4.69, 9.17) is 60.5 Å². The van der Waals surface area contributed by atoms with Crippen molar-refractivity contribution in [3.63, 3.8) is 0 Å². The number of benzene rings is 5. The average Bonchev–Trinajstić information content (AvgIpc) is 1.60. The topological polar surface area (TPSA) is 394 Å². The lowest BCUT2D eigenvalue weighted by molar-refractivity contribution is -0.147. The van der Waals surface area contributed by atoms with Crippen LogP contribution in [0.15, 0.2) is 204 Å². The molecule has 9 heterocycles. The maximum Gasteiger partial charge on any atom is 0.306 e. The number of esters is 3. The van der Waals surface area contributed by atoms with Crippen LogP contribution in [0.5, 0.6) is 0 Å². The number of rotatable bonds is 28. The van der Waals surface area contributed by atoms with E-state index in [0.717, 1.165) is 209 Å². The van der Waals surface area contributed by atoms with Crippen molar-refractivity contribution >= 4 is 129 Å². The highest BCUT2D eigenvalue weighted by atomic mass is 35.5. The predicted molar refractivity (Wildman–Crippen MR) is 566 cm³/mol. The zero-order chi connectivity index (χ0) is 105. The zero-order valence-corrected chi connectivity index (χ0v) is 88.8. The van der Waals surface area contributed by atoms with E-state index in [1.54, 1.807) is 42.5 Å². The number of hydrogen-bond donors (Lipinski definition) is 3. The van der Waals surface area contributed by atoms with E-state index in [1.807, 2.05) is 115 Å². The molecule has 11 atom stereocenters. The predicted octanol–water partition coefficient (Wildman–Crippen LogP) is 19.8. The molecule has 11 aromatic rings. The van der Waals surface area contributed by atoms with Crippen molar-refractivity contribution in [2.75, 3.05) is 31.8 Å². The van der Waals surface area contributed by atoms with E-state index in [9.17, 15) is 59.0 Å². The summed E-state index contributed by atoms with van der Waals surface area (Å²) in [5.74, 6) is 1.18. The fourth-order valence-electron chi connectivity index (χ4n) is 21.0. The molecule has 37 heteroatoms. The van der Waals surface area contributed by atoms with Crippen molar-refractivity contribution in [1.82, 2.24) is 57.9 Å². The summed E-state index contributed by atoms with van der Waals surface area (Å²) in [4.78, 5) is 115. The Balaban J connectivity index is 0.000000145. The summed E-state index contributed by atoms with van der Waals surface area (Å²) in [5, 5.41) is 4.19. The van der Waals surface area contributed by atoms with Gasteiger partial charge in [0.25, 0.3) is 20.0 Å². The summed E-state index contributed by atoms with van der Waals surface area (Å²) in [7, 11) is -9.69. The summed E-state index contributed by atoms with van der Waals surface area (Å²) in [5.41, 5.74) is 17.9. The number of amides is 4. The molecule has 5 aromatic carbocycles. The standard InChI is InChI=1S/C29H29ClFN5O3S.C19H14ClFN4O3S2.C19H26ClNO3.C19H25NO3.C15H21NO2.C10H18N2O/c1-18-7-9-22(10-8-18)40(38,39)36-17-24(23-14-20(30)15-33-29(23)36)28-32-16-25(31)26(34-28)13-19-4-2-5-21(12-19)35-11-3-6-27(35)37;1-11-3-5-13(6-4-11)30(27,28)25-10-15(14-7-12(20)8-23-18(14)25)17-22-9-16(21)19(24-17)29(2)26;20-11-5-10-18(22)21-17-9-4-8-16(12-17)13-19(23)24-14-15-6-2-1-3-7-15;21-18-10-5-11-20(18)17-9-4-8-16(12-17)13-19(22)23-14-15-6-2-1-3-7-15;16-14-8-4-7-13(9-14)10-15(17)18-11-12-5-2-1-3-6-12;11-8-3-1-4-9(7-8)12-6-2-5-10(12)13/h7-10,14-17,19,21H,2-6,11-13H2,1H3;3-10H,1-2H3;1-3,6-7,16-17H,4-5,8-14H2,(H,21,22);1-3,6-7,16-17H,4-5,8-14H2;1-3,5-6,13-14H,4,7-11,16H2;8-9H,1-7,11H2/t19-,21+;;2*16-,17+;13-,14+;8-,9+/m0.0000/s1. The molecular formula is C111H133Cl3F2N14O15S3. The first-order valence-electron chi connectivity index (χ1n) is 51.5. The third-order valence-electron chi connectivity index (χ3n) is 28.5. The number of fused-ring (bicyclic) bond motifs is 2. The lowest BCUT2D eigenvalue weighted by Crippen LogP contribution is -2.43. The molecule has 0 spiro atoms. The number of aryl methyl sites for hydroxylation is 2. The summed E-state index contributed by atoms with van der Waals surface area (Å²) in [6, 6.07) is 47.1. The number of ether oxygens (including phenoxy) is 3. The molecule has 790 valence electrons. The molecule has 4 amide bonds. The molecule has 148 heavy (non-hydrogen) atoms. The van der Waals surface area contributed by atoms with E-state index in [-0.39, 0.29) is 108 Å². The van der Waals surface area contributed by atoms with Gasteiger partial charge in [0.05, 0.1) is 48.7 Å². The van der Waals surface area contributed by atoms with Gasteiger partial charge in [-0.05, 0) is 225 Å². The lowest BCUT2D eigenvalue weighted by Gasteiger charge is -2.35. The van der Waals surface area contributed by atoms with Gasteiger partial charge in [0.1, 0.15) is 19.8 Å². The highest BCUT2D eigenvalue weighted by molar-refractivity contribution is 7.90. The van der Waals surface area contributed by atoms with Crippen LogP contribution in [-0.2, 0) is 105 Å². The highest BCUT2D eigenvalue weighted by Gasteiger charge is 2.38. The Kier molecular flexibility index (Phi) is 41.2. The first-order chi connectivity index (χ1) is 71.3. The Hall–Kier alpha value is -11.4. The minimum Gasteiger partial charge on any atom is -0.461 e. The summed E-state index contributed by atoms with van der Waals surface area (Å²) >= 11 is 17.9. The van der Waals surface area contributed by atoms with Gasteiger partial charge in [-0.3, -0.25) is 37.8 Å². The Morgan fingerprint density at radius 1 is 0.466 bits per heavy atom. The summed E-state index contributed by atoms with van der Waals surface area (Å²) in [6.45, 7) is 7.44. The number of carbonyl (C=O) groups excluding carboxylic acids is 7. The van der Waals surface area contributed by atoms with E-state index in [1.165, 1.54) is 62.1 Å². The Morgan fingerprint density at radius 2 is 0.851 bits per heavy atom. The van der Waals surface area contributed by atoms with Crippen molar-refractivity contribution in [3.05, 3.63) is 244 Å². The molecule has 0 radical (unpaired) electrons. The second-order valence-corrected chi connectivity index (χ2v) is 46.0. The minimum atomic E-state index is -4.00. The first kappa shape index (κ1) is 112. The van der Waals surface area contributed by atoms with Gasteiger partial charge in [-0.25, -0.2) is 63.5 Å². The van der Waals surface area contributed by atoms with Crippen LogP contribution in [-0.4, -0.2) is 183 Å². The molecular weight excluding hydrogens is 2010 g/mol. The molecule has 3 aliphatic heterocycles. The van der Waals surface area contributed by atoms with Crippen molar-refractivity contribution < 1.29 is 77.6 Å². The first-order valence-corrected chi connectivity index (χ1v) is 57.2. The third kappa shape index (κ3) is 31.6. The number of likely N-dealkylation sites (tertiary alicyclic amines) is 3. The molecule has 19 rings (SSSR count). The Bertz CT molecular complexity index is 6630. The van der Waals surface area contributed by atoms with Crippen LogP contribution in [0.25, 0.3) is 44.8 Å². The van der Waals surface area contributed by atoms with Gasteiger partial charge in [-0.2, -0.15) is 0 Å². The van der Waals surface area contributed by atoms with Crippen LogP contribution in [0.4, 0.5) is 8.78 Å². The maximum absolute atomic E-state index is 15.0. The van der Waals surface area contributed by atoms with Crippen LogP contribution in [0.2, 0.25) is 10.0 Å². The monoisotopic (exact) mass is 2140 g/mol. The quantitative estimate of drug-likeness (QED) is 0.0177. The second-order valence-electron chi connectivity index (χ2n) is 39.8. The Morgan fingerprint density at radius 3 is 1.27 bits per heavy atom. The van der Waals surface area contributed by atoms with Gasteiger partial charge in [0.2, 0.25) is 23.6 Å². The molecule has 5 N–H and O–H groups in total. The van der Waals surface area contributed by atoms with Gasteiger partial charge in [0.15, 0.2) is 39.6 Å². The van der Waals surface area contributed by atoms with Gasteiger partial charge >= 0.3 is 17.9 Å². The maximum atomic E-state index is 15.0. The van der Waals surface area contributed by atoms with Gasteiger partial charge < -0.3 is 45.7 Å². The highest BCUT2D eigenvalue weighted by Crippen LogP contribution is 2.40. The zero-order valence-electron chi connectivity index (χ0n) is 84.1. The van der Waals surface area contributed by atoms with Crippen LogP contribution in [0.1, 0.15) is 233 Å². The van der Waals surface area contributed by atoms with Gasteiger partial charge in [-0.15, -0.1) is 11.6 Å². The largest absolute Gasteiger partial charge is 0.461 e. The van der Waals surface area contributed by atoms with Crippen LogP contribution in [0, 0.1) is 49.2 Å². The Labute approximate surface area is 882 Å². The SMILES string of the molecule is Cc1ccc(S(=O)(=O)n2cc(-c3ncc(F)c(C[C@H]4CCC[C@@H](N5CCCC5=O)C4)n3)c3cc(Cl)cnc32)cc1.Cc1ccc(S(=O)(=O)n2cc(-c3ncc(F)c(S(C)=O)n3)c3cc(Cl)cnc32)cc1.N[C@@H]1CCC[C@H](CC(=O)OCc2ccccc2)C1.N[C@H]1CCC[C@@H](N2CCCC2=O)C1.O=C(CCCCl)N[C@@H]1CCC[C@H](CC(=O)OCc2ccccc2)C1.O=C(C[C@H]1CCC[C@@H](N2CCCC2=O)C1)OCc1ccccc1. The van der Waals surface area contributed by atoms with E-state index < -0.39 is 42.5 Å². The molecule has 6 aromatic heterocycles. The van der Waals surface area contributed by atoms with E-state index in [2.05, 4.69) is 40.1 Å². The fourth-order valence-corrected chi connectivity index (χ4v) is 24.6. The summed E-state index contributed by atoms with van der Waals surface area (Å²) < 4.78 is 113. The molecule has 0 bridgehead atoms. The average molecular weight is 2140 g/mol. The second kappa shape index (κ2) is 54.4. The van der Waals surface area contributed by atoms with Crippen molar-refractivity contribution in [2.45, 2.75) is 290 Å². The minimum absolute atomic E-state index is 0.00789. The molecule has 3 saturated heterocycles. The van der Waals surface area contributed by atoms with Crippen molar-refractivity contribution in [1.29, 1.82) is 0 Å². The number of pyridine rings is 2. The number of carbonyl (C=O) groups is 7. The molecule has 29 nitrogen and oxygen atoms in total. The van der Waals surface area contributed by atoms with E-state index >= 15 is 4.39 Å². The number of nitrogens with one attached hydrogen (secondary N) is 1. The van der Waals surface area contributed by atoms with Gasteiger partial charge in [-0.1, -0.05) is 175 Å². The number of nitrogens with two attached hydrogens (primary N) is 2. The van der Waals surface area contributed by atoms with E-state index in [0.29, 0.717) is 146 Å². The fraction of sp³-hybridized carbons (Fsp3) is 0.468. The number of halogens is 5. The van der Waals surface area contributed by atoms with Crippen molar-refractivity contribution in [3.8, 4) is 22.8 Å². The van der Waals surface area contributed by atoms with Crippen LogP contribution < -0.4 is 16.8 Å².